The van der Waals surface area contributed by atoms with Crippen LogP contribution >= 0.6 is 0 Å². The normalized spacial score (nSPS) is 10.8. The number of nitrogens with zero attached hydrogens (tertiary/aromatic N) is 9. The fourth-order valence-electron chi connectivity index (χ4n) is 10.9. The van der Waals surface area contributed by atoms with Crippen LogP contribution in [0.5, 0.6) is 0 Å². The van der Waals surface area contributed by atoms with Crippen LogP contribution in [0.3, 0.4) is 0 Å². The zero-order chi connectivity index (χ0) is 56.2. The second-order valence-electron chi connectivity index (χ2n) is 19.8. The van der Waals surface area contributed by atoms with Gasteiger partial charge in [-0.25, -0.2) is 29.3 Å². The number of fused-ring (bicyclic) bond motifs is 3. The van der Waals surface area contributed by atoms with Gasteiger partial charge in [-0.1, -0.05) is 158 Å². The molecule has 0 aliphatic carbocycles. The molecule has 0 atom stereocenters. The average molecular weight is 1060 g/mol. The highest BCUT2D eigenvalue weighted by atomic mass is 15.2. The van der Waals surface area contributed by atoms with E-state index in [1.165, 1.54) is 0 Å². The standard InChI is InChI=1S/C74H45N9/c1-75-57-21-17-19-54(43-57)68-49-67(79-74(80-68)55-20-18-22-58(44-55)76-2)53-37-35-51(36-38-53)50-31-33-52(34-32-50)56-45-69(77-3)73(70(46-56)78-4)83-71-41-39-63(81(59-23-9-5-10-24-59)60-25-11-6-12-26-60)47-65(71)66-48-64(40-42-72(66)83)82(61-27-13-7-14-28-61)62-29-15-8-16-30-62/h5-49H. The van der Waals surface area contributed by atoms with Crippen molar-refractivity contribution in [2.24, 2.45) is 0 Å². The van der Waals surface area contributed by atoms with Crippen LogP contribution in [0.4, 0.5) is 56.9 Å². The Kier molecular flexibility index (Phi) is 13.3. The van der Waals surface area contributed by atoms with Crippen molar-refractivity contribution in [2.75, 3.05) is 9.80 Å². The molecular formula is C74H45N9. The monoisotopic (exact) mass is 1060 g/mol. The van der Waals surface area contributed by atoms with Crippen LogP contribution in [0.15, 0.2) is 273 Å². The van der Waals surface area contributed by atoms with E-state index in [-0.39, 0.29) is 0 Å². The predicted octanol–water partition coefficient (Wildman–Crippen LogP) is 21.1. The summed E-state index contributed by atoms with van der Waals surface area (Å²) in [6.45, 7) is 32.7. The largest absolute Gasteiger partial charge is 0.329 e. The minimum absolute atomic E-state index is 0.361. The predicted molar refractivity (Wildman–Crippen MR) is 338 cm³/mol. The quantitative estimate of drug-likeness (QED) is 0.114. The zero-order valence-electron chi connectivity index (χ0n) is 44.5. The van der Waals surface area contributed by atoms with Crippen LogP contribution in [0, 0.1) is 26.3 Å². The lowest BCUT2D eigenvalue weighted by atomic mass is 9.98. The van der Waals surface area contributed by atoms with E-state index < -0.39 is 0 Å². The molecule has 0 N–H and O–H groups in total. The van der Waals surface area contributed by atoms with Crippen LogP contribution in [0.25, 0.3) is 103 Å². The number of hydrogen-bond donors (Lipinski definition) is 0. The summed E-state index contributed by atoms with van der Waals surface area (Å²) in [6.07, 6.45) is 0. The van der Waals surface area contributed by atoms with E-state index in [0.717, 1.165) is 94.9 Å². The Balaban J connectivity index is 0.888. The maximum absolute atomic E-state index is 8.73. The van der Waals surface area contributed by atoms with E-state index >= 15 is 0 Å². The zero-order valence-corrected chi connectivity index (χ0v) is 44.5. The van der Waals surface area contributed by atoms with Gasteiger partial charge < -0.3 is 14.4 Å². The van der Waals surface area contributed by atoms with E-state index in [2.05, 4.69) is 143 Å². The number of benzene rings is 11. The smallest absolute Gasteiger partial charge is 0.200 e. The van der Waals surface area contributed by atoms with Crippen LogP contribution in [-0.4, -0.2) is 14.5 Å². The van der Waals surface area contributed by atoms with Crippen LogP contribution in [0.1, 0.15) is 0 Å². The molecule has 0 aliphatic heterocycles. The molecule has 386 valence electrons. The summed E-state index contributed by atoms with van der Waals surface area (Å²) in [5.74, 6) is 0.481. The van der Waals surface area contributed by atoms with E-state index in [0.29, 0.717) is 45.6 Å². The Morgan fingerprint density at radius 2 is 0.675 bits per heavy atom. The van der Waals surface area contributed by atoms with Gasteiger partial charge in [-0.2, -0.15) is 0 Å². The molecule has 0 saturated carbocycles. The molecule has 9 heteroatoms. The lowest BCUT2D eigenvalue weighted by molar-refractivity contribution is 1.18. The van der Waals surface area contributed by atoms with Gasteiger partial charge in [0.25, 0.3) is 0 Å². The van der Waals surface area contributed by atoms with Crippen molar-refractivity contribution in [3.05, 3.63) is 319 Å². The van der Waals surface area contributed by atoms with Gasteiger partial charge in [-0.3, -0.25) is 0 Å². The minimum atomic E-state index is 0.361. The second kappa shape index (κ2) is 21.9. The first kappa shape index (κ1) is 50.4. The van der Waals surface area contributed by atoms with Gasteiger partial charge in [0.2, 0.25) is 11.4 Å². The molecule has 2 aromatic heterocycles. The van der Waals surface area contributed by atoms with Crippen molar-refractivity contribution in [3.63, 3.8) is 0 Å². The second-order valence-corrected chi connectivity index (χ2v) is 19.8. The molecule has 0 aliphatic rings. The lowest BCUT2D eigenvalue weighted by Crippen LogP contribution is -2.09. The molecule has 83 heavy (non-hydrogen) atoms. The molecule has 0 radical (unpaired) electrons. The molecular weight excluding hydrogens is 1010 g/mol. The highest BCUT2D eigenvalue weighted by Crippen LogP contribution is 2.47. The summed E-state index contributed by atoms with van der Waals surface area (Å²) in [4.78, 5) is 30.0. The summed E-state index contributed by atoms with van der Waals surface area (Å²) < 4.78 is 2.10. The molecule has 13 aromatic rings. The van der Waals surface area contributed by atoms with E-state index in [1.54, 1.807) is 18.2 Å². The molecule has 0 amide bonds. The van der Waals surface area contributed by atoms with Crippen molar-refractivity contribution in [2.45, 2.75) is 0 Å². The lowest BCUT2D eigenvalue weighted by Gasteiger charge is -2.26. The SMILES string of the molecule is [C-]#[N+]c1cccc(-c2cc(-c3ccc(-c4ccc(-c5cc([N+]#[C-])c(-n6c7ccc(N(c8ccccc8)c8ccccc8)cc7c7cc(N(c8ccccc8)c8ccccc8)ccc76)c([N+]#[C-])c5)cc4)cc3)nc(-c3cccc([N+]#[C-])c3)n2)c1. The topological polar surface area (TPSA) is 54.6 Å². The fourth-order valence-corrected chi connectivity index (χ4v) is 10.9. The molecule has 0 bridgehead atoms. The molecule has 13 rings (SSSR count). The van der Waals surface area contributed by atoms with Gasteiger partial charge >= 0.3 is 0 Å². The van der Waals surface area contributed by atoms with Gasteiger partial charge in [0.15, 0.2) is 17.2 Å². The average Bonchev–Trinajstić information content (AvgIpc) is 3.51. The van der Waals surface area contributed by atoms with Crippen LogP contribution < -0.4 is 9.80 Å². The number of hydrogen-bond acceptors (Lipinski definition) is 4. The first-order valence-corrected chi connectivity index (χ1v) is 26.8. The summed E-state index contributed by atoms with van der Waals surface area (Å²) in [7, 11) is 0. The van der Waals surface area contributed by atoms with Crippen molar-refractivity contribution in [1.82, 2.24) is 14.5 Å². The maximum atomic E-state index is 8.73. The highest BCUT2D eigenvalue weighted by Gasteiger charge is 2.24. The molecule has 0 fully saturated rings. The van der Waals surface area contributed by atoms with E-state index in [9.17, 15) is 0 Å². The summed E-state index contributed by atoms with van der Waals surface area (Å²) in [5.41, 5.74) is 17.4. The van der Waals surface area contributed by atoms with Crippen molar-refractivity contribution in [1.29, 1.82) is 0 Å². The number of para-hydroxylation sites is 4. The first-order chi connectivity index (χ1) is 40.9. The molecule has 9 nitrogen and oxygen atoms in total. The molecule has 11 aromatic carbocycles. The summed E-state index contributed by atoms with van der Waals surface area (Å²) >= 11 is 0. The fraction of sp³-hybridized carbons (Fsp3) is 0. The third-order valence-corrected chi connectivity index (χ3v) is 14.8. The Bertz CT molecular complexity index is 4430. The summed E-state index contributed by atoms with van der Waals surface area (Å²) in [5, 5.41) is 1.93. The molecule has 2 heterocycles. The number of anilines is 6. The van der Waals surface area contributed by atoms with Crippen molar-refractivity contribution >= 4 is 78.7 Å². The Morgan fingerprint density at radius 3 is 1.10 bits per heavy atom. The van der Waals surface area contributed by atoms with E-state index in [4.69, 9.17) is 36.3 Å². The highest BCUT2D eigenvalue weighted by molar-refractivity contribution is 6.13. The third kappa shape index (κ3) is 9.73. The third-order valence-electron chi connectivity index (χ3n) is 14.8. The maximum Gasteiger partial charge on any atom is 0.200 e. The van der Waals surface area contributed by atoms with Gasteiger partial charge in [0.05, 0.1) is 54.4 Å². The van der Waals surface area contributed by atoms with Crippen molar-refractivity contribution in [3.8, 4) is 61.8 Å². The van der Waals surface area contributed by atoms with Gasteiger partial charge in [-0.15, -0.1) is 0 Å². The Labute approximate surface area is 481 Å². The number of aromatic nitrogens is 3. The van der Waals surface area contributed by atoms with Gasteiger partial charge in [0, 0.05) is 56.0 Å². The molecule has 0 saturated heterocycles. The summed E-state index contributed by atoms with van der Waals surface area (Å²) in [6, 6.07) is 91.1. The minimum Gasteiger partial charge on any atom is -0.329 e. The van der Waals surface area contributed by atoms with Crippen LogP contribution in [-0.2, 0) is 0 Å². The van der Waals surface area contributed by atoms with Gasteiger partial charge in [0.1, 0.15) is 0 Å². The van der Waals surface area contributed by atoms with Gasteiger partial charge in [-0.05, 0) is 143 Å². The van der Waals surface area contributed by atoms with Crippen LogP contribution in [0.2, 0.25) is 0 Å². The Hall–Kier alpha value is -12.1. The number of rotatable bonds is 12. The molecule has 0 unspecified atom stereocenters. The van der Waals surface area contributed by atoms with Crippen molar-refractivity contribution < 1.29 is 0 Å². The van der Waals surface area contributed by atoms with E-state index in [1.807, 2.05) is 146 Å². The molecule has 0 spiro atoms. The Morgan fingerprint density at radius 1 is 0.289 bits per heavy atom. The first-order valence-electron chi connectivity index (χ1n) is 26.8.